The van der Waals surface area contributed by atoms with Crippen LogP contribution in [0.25, 0.3) is 11.1 Å². The predicted octanol–water partition coefficient (Wildman–Crippen LogP) is 3.84. The molecular weight excluding hydrogens is 296 g/mol. The largest absolute Gasteiger partial charge is 0.351 e. The lowest BCUT2D eigenvalue weighted by molar-refractivity contribution is 0.0951. The molecule has 128 valence electrons. The number of nitrogens with one attached hydrogen (secondary N) is 1. The summed E-state index contributed by atoms with van der Waals surface area (Å²) in [6.45, 7) is 5.94. The number of benzene rings is 2. The number of amides is 1. The highest BCUT2D eigenvalue weighted by atomic mass is 16.1. The first-order valence-electron chi connectivity index (χ1n) is 8.58. The molecule has 2 aromatic carbocycles. The quantitative estimate of drug-likeness (QED) is 0.839. The Labute approximate surface area is 145 Å². The van der Waals surface area contributed by atoms with Crippen molar-refractivity contribution < 1.29 is 4.79 Å². The number of rotatable bonds is 7. The Morgan fingerprint density at radius 1 is 1.04 bits per heavy atom. The molecule has 0 aliphatic heterocycles. The van der Waals surface area contributed by atoms with E-state index in [0.717, 1.165) is 24.1 Å². The van der Waals surface area contributed by atoms with Crippen molar-refractivity contribution >= 4 is 5.91 Å². The van der Waals surface area contributed by atoms with Crippen molar-refractivity contribution in [2.75, 3.05) is 27.2 Å². The molecule has 0 aromatic heterocycles. The SMILES string of the molecule is CC(C)Cc1cccc(-c2cccc(C(=O)NCCN(C)C)c2)c1. The van der Waals surface area contributed by atoms with Crippen molar-refractivity contribution in [3.05, 3.63) is 59.7 Å². The van der Waals surface area contributed by atoms with Crippen molar-refractivity contribution in [2.24, 2.45) is 5.92 Å². The Morgan fingerprint density at radius 3 is 2.38 bits per heavy atom. The van der Waals surface area contributed by atoms with Gasteiger partial charge in [-0.3, -0.25) is 4.79 Å². The molecule has 0 saturated carbocycles. The summed E-state index contributed by atoms with van der Waals surface area (Å²) in [4.78, 5) is 14.3. The third-order valence-electron chi connectivity index (χ3n) is 3.87. The molecule has 0 aliphatic carbocycles. The Morgan fingerprint density at radius 2 is 1.71 bits per heavy atom. The van der Waals surface area contributed by atoms with Gasteiger partial charge in [0.05, 0.1) is 0 Å². The zero-order valence-electron chi connectivity index (χ0n) is 15.2. The molecule has 24 heavy (non-hydrogen) atoms. The summed E-state index contributed by atoms with van der Waals surface area (Å²) < 4.78 is 0. The Balaban J connectivity index is 2.13. The van der Waals surface area contributed by atoms with E-state index >= 15 is 0 Å². The van der Waals surface area contributed by atoms with Crippen molar-refractivity contribution in [2.45, 2.75) is 20.3 Å². The van der Waals surface area contributed by atoms with Crippen LogP contribution in [0.3, 0.4) is 0 Å². The highest BCUT2D eigenvalue weighted by molar-refractivity contribution is 5.95. The van der Waals surface area contributed by atoms with E-state index in [2.05, 4.69) is 54.4 Å². The van der Waals surface area contributed by atoms with Gasteiger partial charge in [-0.2, -0.15) is 0 Å². The number of carbonyl (C=O) groups excluding carboxylic acids is 1. The second-order valence-electron chi connectivity index (χ2n) is 6.94. The molecule has 0 fully saturated rings. The summed E-state index contributed by atoms with van der Waals surface area (Å²) in [5.41, 5.74) is 4.29. The molecule has 0 bridgehead atoms. The summed E-state index contributed by atoms with van der Waals surface area (Å²) in [7, 11) is 3.99. The minimum absolute atomic E-state index is 0.0166. The Hall–Kier alpha value is -2.13. The summed E-state index contributed by atoms with van der Waals surface area (Å²) >= 11 is 0. The number of hydrogen-bond acceptors (Lipinski definition) is 2. The number of hydrogen-bond donors (Lipinski definition) is 1. The third-order valence-corrected chi connectivity index (χ3v) is 3.87. The highest BCUT2D eigenvalue weighted by Crippen LogP contribution is 2.22. The monoisotopic (exact) mass is 324 g/mol. The van der Waals surface area contributed by atoms with Gasteiger partial charge in [-0.25, -0.2) is 0 Å². The maximum atomic E-state index is 12.3. The van der Waals surface area contributed by atoms with Gasteiger partial charge in [-0.05, 0) is 55.3 Å². The van der Waals surface area contributed by atoms with Gasteiger partial charge in [-0.1, -0.05) is 50.2 Å². The third kappa shape index (κ3) is 5.50. The Bertz CT molecular complexity index is 677. The average molecular weight is 324 g/mol. The lowest BCUT2D eigenvalue weighted by Gasteiger charge is -2.11. The van der Waals surface area contributed by atoms with Gasteiger partial charge >= 0.3 is 0 Å². The van der Waals surface area contributed by atoms with Gasteiger partial charge in [0.2, 0.25) is 0 Å². The van der Waals surface area contributed by atoms with E-state index in [0.29, 0.717) is 18.0 Å². The molecule has 3 heteroatoms. The second-order valence-corrected chi connectivity index (χ2v) is 6.94. The maximum Gasteiger partial charge on any atom is 0.251 e. The summed E-state index contributed by atoms with van der Waals surface area (Å²) in [5, 5.41) is 2.97. The molecule has 1 N–H and O–H groups in total. The fourth-order valence-corrected chi connectivity index (χ4v) is 2.68. The van der Waals surface area contributed by atoms with E-state index in [1.165, 1.54) is 5.56 Å². The van der Waals surface area contributed by atoms with Crippen LogP contribution in [-0.2, 0) is 6.42 Å². The molecule has 1 amide bonds. The van der Waals surface area contributed by atoms with Crippen LogP contribution in [0.15, 0.2) is 48.5 Å². The first kappa shape index (κ1) is 18.2. The minimum atomic E-state index is -0.0166. The van der Waals surface area contributed by atoms with E-state index in [1.54, 1.807) is 0 Å². The molecule has 0 aliphatic rings. The standard InChI is InChI=1S/C21H28N2O/c1-16(2)13-17-7-5-8-18(14-17)19-9-6-10-20(15-19)21(24)22-11-12-23(3)4/h5-10,14-16H,11-13H2,1-4H3,(H,22,24). The average Bonchev–Trinajstić information content (AvgIpc) is 2.54. The van der Waals surface area contributed by atoms with E-state index in [4.69, 9.17) is 0 Å². The smallest absolute Gasteiger partial charge is 0.251 e. The maximum absolute atomic E-state index is 12.3. The van der Waals surface area contributed by atoms with Crippen LogP contribution in [-0.4, -0.2) is 38.0 Å². The zero-order chi connectivity index (χ0) is 17.5. The van der Waals surface area contributed by atoms with Crippen LogP contribution >= 0.6 is 0 Å². The van der Waals surface area contributed by atoms with Gasteiger partial charge < -0.3 is 10.2 Å². The minimum Gasteiger partial charge on any atom is -0.351 e. The molecular formula is C21H28N2O. The summed E-state index contributed by atoms with van der Waals surface area (Å²) in [6.07, 6.45) is 1.07. The van der Waals surface area contributed by atoms with Crippen LogP contribution in [0.2, 0.25) is 0 Å². The molecule has 3 nitrogen and oxygen atoms in total. The van der Waals surface area contributed by atoms with Crippen molar-refractivity contribution in [1.82, 2.24) is 10.2 Å². The first-order valence-corrected chi connectivity index (χ1v) is 8.58. The molecule has 2 aromatic rings. The summed E-state index contributed by atoms with van der Waals surface area (Å²) in [5.74, 6) is 0.617. The molecule has 0 saturated heterocycles. The van der Waals surface area contributed by atoms with Crippen LogP contribution in [0.4, 0.5) is 0 Å². The van der Waals surface area contributed by atoms with Crippen molar-refractivity contribution in [3.63, 3.8) is 0 Å². The predicted molar refractivity (Wildman–Crippen MR) is 101 cm³/mol. The highest BCUT2D eigenvalue weighted by Gasteiger charge is 2.07. The zero-order valence-corrected chi connectivity index (χ0v) is 15.2. The molecule has 0 unspecified atom stereocenters. The van der Waals surface area contributed by atoms with Crippen molar-refractivity contribution in [1.29, 1.82) is 0 Å². The second kappa shape index (κ2) is 8.65. The molecule has 0 heterocycles. The normalized spacial score (nSPS) is 11.1. The van der Waals surface area contributed by atoms with Crippen molar-refractivity contribution in [3.8, 4) is 11.1 Å². The molecule has 0 radical (unpaired) electrons. The van der Waals surface area contributed by atoms with E-state index < -0.39 is 0 Å². The van der Waals surface area contributed by atoms with Gasteiger partial charge in [0.1, 0.15) is 0 Å². The lowest BCUT2D eigenvalue weighted by atomic mass is 9.97. The summed E-state index contributed by atoms with van der Waals surface area (Å²) in [6, 6.07) is 16.4. The molecule has 0 atom stereocenters. The van der Waals surface area contributed by atoms with Crippen LogP contribution < -0.4 is 5.32 Å². The van der Waals surface area contributed by atoms with Gasteiger partial charge in [0.15, 0.2) is 0 Å². The lowest BCUT2D eigenvalue weighted by Crippen LogP contribution is -2.31. The number of nitrogens with zero attached hydrogens (tertiary/aromatic N) is 1. The fraction of sp³-hybridized carbons (Fsp3) is 0.381. The van der Waals surface area contributed by atoms with E-state index in [9.17, 15) is 4.79 Å². The van der Waals surface area contributed by atoms with Crippen LogP contribution in [0.1, 0.15) is 29.8 Å². The van der Waals surface area contributed by atoms with Gasteiger partial charge in [0.25, 0.3) is 5.91 Å². The molecule has 0 spiro atoms. The first-order chi connectivity index (χ1) is 11.5. The number of carbonyl (C=O) groups is 1. The van der Waals surface area contributed by atoms with E-state index in [-0.39, 0.29) is 5.91 Å². The topological polar surface area (TPSA) is 32.3 Å². The van der Waals surface area contributed by atoms with E-state index in [1.807, 2.05) is 32.3 Å². The van der Waals surface area contributed by atoms with Gasteiger partial charge in [0, 0.05) is 18.7 Å². The van der Waals surface area contributed by atoms with Crippen LogP contribution in [0, 0.1) is 5.92 Å². The Kier molecular flexibility index (Phi) is 6.56. The molecule has 2 rings (SSSR count). The van der Waals surface area contributed by atoms with Gasteiger partial charge in [-0.15, -0.1) is 0 Å². The fourth-order valence-electron chi connectivity index (χ4n) is 2.68. The number of likely N-dealkylation sites (N-methyl/N-ethyl adjacent to an activating group) is 1. The van der Waals surface area contributed by atoms with Crippen LogP contribution in [0.5, 0.6) is 0 Å².